The molecule has 0 aliphatic carbocycles. The molecule has 0 bridgehead atoms. The Hall–Kier alpha value is -1.79. The van der Waals surface area contributed by atoms with Gasteiger partial charge in [0, 0.05) is 25.2 Å². The van der Waals surface area contributed by atoms with E-state index in [1.54, 1.807) is 31.3 Å². The third-order valence-electron chi connectivity index (χ3n) is 3.60. The lowest BCUT2D eigenvalue weighted by atomic mass is 10.0. The topological polar surface area (TPSA) is 70.7 Å². The third kappa shape index (κ3) is 4.35. The molecule has 1 fully saturated rings. The smallest absolute Gasteiger partial charge is 0.258 e. The Morgan fingerprint density at radius 2 is 2.18 bits per heavy atom. The van der Waals surface area contributed by atoms with Crippen molar-refractivity contribution in [1.82, 2.24) is 15.5 Å². The highest BCUT2D eigenvalue weighted by molar-refractivity contribution is 6.30. The standard InChI is InChI=1S/C15H20ClN3O3/c1-17-15(21)12-7-19(2)8-13(12)18-14(20)9-22-11-5-3-4-10(16)6-11/h3-6,12-13H,7-9H2,1-2H3,(H,17,21)(H,18,20)/t12-,13-/m0/s1. The summed E-state index contributed by atoms with van der Waals surface area (Å²) in [6.07, 6.45) is 0. The second-order valence-corrected chi connectivity index (χ2v) is 5.80. The van der Waals surface area contributed by atoms with E-state index in [0.717, 1.165) is 0 Å². The minimum absolute atomic E-state index is 0.0644. The summed E-state index contributed by atoms with van der Waals surface area (Å²) in [6.45, 7) is 1.15. The molecule has 120 valence electrons. The van der Waals surface area contributed by atoms with E-state index in [9.17, 15) is 9.59 Å². The molecule has 2 N–H and O–H groups in total. The SMILES string of the molecule is CNC(=O)[C@H]1CN(C)C[C@@H]1NC(=O)COc1cccc(Cl)c1. The number of halogens is 1. The second-order valence-electron chi connectivity index (χ2n) is 5.36. The number of nitrogens with zero attached hydrogens (tertiary/aromatic N) is 1. The fourth-order valence-corrected chi connectivity index (χ4v) is 2.73. The molecule has 1 heterocycles. The Morgan fingerprint density at radius 3 is 2.86 bits per heavy atom. The van der Waals surface area contributed by atoms with Crippen molar-refractivity contribution in [3.63, 3.8) is 0 Å². The quantitative estimate of drug-likeness (QED) is 0.827. The molecule has 7 heteroatoms. The van der Waals surface area contributed by atoms with Crippen molar-refractivity contribution in [3.8, 4) is 5.75 Å². The molecule has 2 atom stereocenters. The molecule has 1 saturated heterocycles. The molecule has 0 saturated carbocycles. The summed E-state index contributed by atoms with van der Waals surface area (Å²) in [4.78, 5) is 25.9. The van der Waals surface area contributed by atoms with Crippen LogP contribution in [-0.4, -0.2) is 56.5 Å². The summed E-state index contributed by atoms with van der Waals surface area (Å²) in [5.74, 6) is -0.0289. The van der Waals surface area contributed by atoms with Crippen molar-refractivity contribution in [1.29, 1.82) is 0 Å². The molecular formula is C15H20ClN3O3. The van der Waals surface area contributed by atoms with Gasteiger partial charge in [0.05, 0.1) is 12.0 Å². The third-order valence-corrected chi connectivity index (χ3v) is 3.83. The molecular weight excluding hydrogens is 306 g/mol. The Bertz CT molecular complexity index is 553. The number of benzene rings is 1. The van der Waals surface area contributed by atoms with Crippen LogP contribution < -0.4 is 15.4 Å². The summed E-state index contributed by atoms with van der Waals surface area (Å²) in [5.41, 5.74) is 0. The van der Waals surface area contributed by atoms with E-state index in [-0.39, 0.29) is 30.4 Å². The first-order chi connectivity index (χ1) is 10.5. The molecule has 6 nitrogen and oxygen atoms in total. The maximum Gasteiger partial charge on any atom is 0.258 e. The molecule has 22 heavy (non-hydrogen) atoms. The van der Waals surface area contributed by atoms with Crippen LogP contribution in [0.4, 0.5) is 0 Å². The summed E-state index contributed by atoms with van der Waals surface area (Å²) in [6, 6.07) is 6.65. The van der Waals surface area contributed by atoms with Gasteiger partial charge in [-0.1, -0.05) is 17.7 Å². The van der Waals surface area contributed by atoms with E-state index in [2.05, 4.69) is 10.6 Å². The van der Waals surface area contributed by atoms with Crippen LogP contribution in [0.25, 0.3) is 0 Å². The first-order valence-corrected chi connectivity index (χ1v) is 7.45. The van der Waals surface area contributed by atoms with Crippen LogP contribution in [0.1, 0.15) is 0 Å². The van der Waals surface area contributed by atoms with E-state index in [4.69, 9.17) is 16.3 Å². The van der Waals surface area contributed by atoms with E-state index < -0.39 is 0 Å². The van der Waals surface area contributed by atoms with Crippen molar-refractivity contribution in [2.75, 3.05) is 33.8 Å². The van der Waals surface area contributed by atoms with Crippen molar-refractivity contribution in [3.05, 3.63) is 29.3 Å². The molecule has 1 aromatic carbocycles. The van der Waals surface area contributed by atoms with Gasteiger partial charge in [-0.15, -0.1) is 0 Å². The molecule has 0 aromatic heterocycles. The average Bonchev–Trinajstić information content (AvgIpc) is 2.85. The van der Waals surface area contributed by atoms with Crippen molar-refractivity contribution in [2.24, 2.45) is 5.92 Å². The van der Waals surface area contributed by atoms with Crippen LogP contribution in [-0.2, 0) is 9.59 Å². The van der Waals surface area contributed by atoms with Crippen LogP contribution in [0.5, 0.6) is 5.75 Å². The van der Waals surface area contributed by atoms with Gasteiger partial charge < -0.3 is 20.3 Å². The van der Waals surface area contributed by atoms with Crippen LogP contribution in [0, 0.1) is 5.92 Å². The van der Waals surface area contributed by atoms with Crippen molar-refractivity contribution < 1.29 is 14.3 Å². The molecule has 0 spiro atoms. The van der Waals surface area contributed by atoms with Gasteiger partial charge in [-0.2, -0.15) is 0 Å². The zero-order valence-corrected chi connectivity index (χ0v) is 13.4. The van der Waals surface area contributed by atoms with Crippen LogP contribution in [0.3, 0.4) is 0 Å². The summed E-state index contributed by atoms with van der Waals surface area (Å²) < 4.78 is 5.40. The largest absolute Gasteiger partial charge is 0.484 e. The molecule has 2 rings (SSSR count). The fraction of sp³-hybridized carbons (Fsp3) is 0.467. The first-order valence-electron chi connectivity index (χ1n) is 7.07. The Kier molecular flexibility index (Phi) is 5.63. The Labute approximate surface area is 134 Å². The predicted octanol–water partition coefficient (Wildman–Crippen LogP) is 0.511. The zero-order valence-electron chi connectivity index (χ0n) is 12.6. The van der Waals surface area contributed by atoms with Crippen molar-refractivity contribution in [2.45, 2.75) is 6.04 Å². The maximum absolute atomic E-state index is 12.0. The van der Waals surface area contributed by atoms with Gasteiger partial charge in [0.15, 0.2) is 6.61 Å². The number of ether oxygens (including phenoxy) is 1. The molecule has 1 aliphatic heterocycles. The van der Waals surface area contributed by atoms with Gasteiger partial charge in [-0.25, -0.2) is 0 Å². The zero-order chi connectivity index (χ0) is 16.1. The number of carbonyl (C=O) groups is 2. The first kappa shape index (κ1) is 16.6. The highest BCUT2D eigenvalue weighted by Gasteiger charge is 2.36. The maximum atomic E-state index is 12.0. The minimum atomic E-state index is -0.255. The number of likely N-dealkylation sites (tertiary alicyclic amines) is 1. The lowest BCUT2D eigenvalue weighted by Gasteiger charge is -2.18. The number of hydrogen-bond acceptors (Lipinski definition) is 4. The molecule has 0 radical (unpaired) electrons. The number of nitrogens with one attached hydrogen (secondary N) is 2. The Balaban J connectivity index is 1.87. The normalized spacial score (nSPS) is 21.4. The monoisotopic (exact) mass is 325 g/mol. The fourth-order valence-electron chi connectivity index (χ4n) is 2.55. The Morgan fingerprint density at radius 1 is 1.41 bits per heavy atom. The molecule has 0 unspecified atom stereocenters. The lowest BCUT2D eigenvalue weighted by molar-refractivity contribution is -0.126. The van der Waals surface area contributed by atoms with E-state index in [1.165, 1.54) is 0 Å². The summed E-state index contributed by atoms with van der Waals surface area (Å²) in [7, 11) is 3.52. The minimum Gasteiger partial charge on any atom is -0.484 e. The number of amides is 2. The van der Waals surface area contributed by atoms with Gasteiger partial charge in [-0.05, 0) is 25.2 Å². The van der Waals surface area contributed by atoms with Gasteiger partial charge in [0.2, 0.25) is 5.91 Å². The number of rotatable bonds is 5. The number of carbonyl (C=O) groups excluding carboxylic acids is 2. The van der Waals surface area contributed by atoms with Gasteiger partial charge >= 0.3 is 0 Å². The molecule has 1 aliphatic rings. The van der Waals surface area contributed by atoms with Crippen LogP contribution in [0.15, 0.2) is 24.3 Å². The van der Waals surface area contributed by atoms with Crippen LogP contribution in [0.2, 0.25) is 5.02 Å². The highest BCUT2D eigenvalue weighted by atomic mass is 35.5. The molecule has 1 aromatic rings. The van der Waals surface area contributed by atoms with E-state index in [1.807, 2.05) is 11.9 Å². The number of hydrogen-bond donors (Lipinski definition) is 2. The van der Waals surface area contributed by atoms with E-state index in [0.29, 0.717) is 23.9 Å². The lowest BCUT2D eigenvalue weighted by Crippen LogP contribution is -2.46. The van der Waals surface area contributed by atoms with Gasteiger partial charge in [0.1, 0.15) is 5.75 Å². The number of likely N-dealkylation sites (N-methyl/N-ethyl adjacent to an activating group) is 1. The van der Waals surface area contributed by atoms with E-state index >= 15 is 0 Å². The van der Waals surface area contributed by atoms with Crippen molar-refractivity contribution >= 4 is 23.4 Å². The second kappa shape index (κ2) is 7.47. The predicted molar refractivity (Wildman–Crippen MR) is 83.9 cm³/mol. The van der Waals surface area contributed by atoms with Gasteiger partial charge in [-0.3, -0.25) is 9.59 Å². The van der Waals surface area contributed by atoms with Crippen LogP contribution >= 0.6 is 11.6 Å². The summed E-state index contributed by atoms with van der Waals surface area (Å²) >= 11 is 5.85. The highest BCUT2D eigenvalue weighted by Crippen LogP contribution is 2.18. The molecule has 2 amide bonds. The van der Waals surface area contributed by atoms with Gasteiger partial charge in [0.25, 0.3) is 5.91 Å². The summed E-state index contributed by atoms with van der Waals surface area (Å²) in [5, 5.41) is 6.04. The average molecular weight is 326 g/mol.